The second kappa shape index (κ2) is 6.17. The van der Waals surface area contributed by atoms with Gasteiger partial charge in [0.2, 0.25) is 0 Å². The average molecular weight is 299 g/mol. The van der Waals surface area contributed by atoms with E-state index in [0.29, 0.717) is 18.5 Å². The maximum atomic E-state index is 12.5. The summed E-state index contributed by atoms with van der Waals surface area (Å²) in [5.41, 5.74) is -0.0147. The quantitative estimate of drug-likeness (QED) is 0.868. The van der Waals surface area contributed by atoms with E-state index in [1.807, 2.05) is 6.92 Å². The number of rotatable bonds is 4. The standard InChI is InChI=1S/C15H23ClN2O2/c1-3-7-11-12(16)17-14(20)18(13(11)19)10-15(2)8-5-4-6-9-15/h3-10H2,1-2H3,(H,17,20). The molecule has 2 rings (SSSR count). The highest BCUT2D eigenvalue weighted by Gasteiger charge is 2.29. The third-order valence-electron chi connectivity index (χ3n) is 4.33. The lowest BCUT2D eigenvalue weighted by molar-refractivity contribution is 0.178. The van der Waals surface area contributed by atoms with Gasteiger partial charge in [0.15, 0.2) is 0 Å². The Balaban J connectivity index is 2.38. The van der Waals surface area contributed by atoms with Crippen molar-refractivity contribution in [3.05, 3.63) is 31.6 Å². The van der Waals surface area contributed by atoms with Crippen molar-refractivity contribution in [2.45, 2.75) is 65.3 Å². The molecule has 0 aliphatic heterocycles. The lowest BCUT2D eigenvalue weighted by atomic mass is 9.75. The van der Waals surface area contributed by atoms with E-state index in [9.17, 15) is 9.59 Å². The van der Waals surface area contributed by atoms with Crippen molar-refractivity contribution in [3.63, 3.8) is 0 Å². The number of H-pyrrole nitrogens is 1. The van der Waals surface area contributed by atoms with Crippen molar-refractivity contribution in [2.24, 2.45) is 5.41 Å². The Hall–Kier alpha value is -1.03. The molecule has 1 aliphatic rings. The topological polar surface area (TPSA) is 54.9 Å². The van der Waals surface area contributed by atoms with Gasteiger partial charge < -0.3 is 0 Å². The highest BCUT2D eigenvalue weighted by atomic mass is 35.5. The van der Waals surface area contributed by atoms with Crippen LogP contribution in [0.4, 0.5) is 0 Å². The molecule has 1 aromatic heterocycles. The van der Waals surface area contributed by atoms with Crippen molar-refractivity contribution in [2.75, 3.05) is 0 Å². The molecule has 20 heavy (non-hydrogen) atoms. The van der Waals surface area contributed by atoms with Crippen LogP contribution in [0.15, 0.2) is 9.59 Å². The van der Waals surface area contributed by atoms with Crippen LogP contribution in [-0.2, 0) is 13.0 Å². The zero-order valence-corrected chi connectivity index (χ0v) is 13.1. The van der Waals surface area contributed by atoms with Crippen LogP contribution in [0.5, 0.6) is 0 Å². The van der Waals surface area contributed by atoms with Crippen LogP contribution in [0, 0.1) is 5.41 Å². The Morgan fingerprint density at radius 2 is 1.90 bits per heavy atom. The monoisotopic (exact) mass is 298 g/mol. The molecule has 4 nitrogen and oxygen atoms in total. The Kier molecular flexibility index (Phi) is 4.74. The third kappa shape index (κ3) is 3.17. The Bertz CT molecular complexity index is 583. The first-order valence-corrected chi connectivity index (χ1v) is 7.86. The van der Waals surface area contributed by atoms with Crippen LogP contribution in [-0.4, -0.2) is 9.55 Å². The summed E-state index contributed by atoms with van der Waals surface area (Å²) >= 11 is 5.99. The first-order valence-electron chi connectivity index (χ1n) is 7.48. The van der Waals surface area contributed by atoms with Crippen molar-refractivity contribution < 1.29 is 0 Å². The highest BCUT2D eigenvalue weighted by Crippen LogP contribution is 2.36. The van der Waals surface area contributed by atoms with Gasteiger partial charge in [0, 0.05) is 6.54 Å². The summed E-state index contributed by atoms with van der Waals surface area (Å²) < 4.78 is 1.35. The second-order valence-corrected chi connectivity index (χ2v) is 6.61. The van der Waals surface area contributed by atoms with Crippen molar-refractivity contribution in [3.8, 4) is 0 Å². The Labute approximate surface area is 124 Å². The largest absolute Gasteiger partial charge is 0.329 e. The zero-order valence-electron chi connectivity index (χ0n) is 12.3. The van der Waals surface area contributed by atoms with Crippen molar-refractivity contribution in [1.29, 1.82) is 0 Å². The molecule has 1 aromatic rings. The number of hydrogen-bond acceptors (Lipinski definition) is 2. The van der Waals surface area contributed by atoms with Crippen LogP contribution in [0.2, 0.25) is 5.15 Å². The fraction of sp³-hybridized carbons (Fsp3) is 0.733. The predicted molar refractivity (Wildman–Crippen MR) is 81.5 cm³/mol. The molecule has 0 unspecified atom stereocenters. The molecule has 1 saturated carbocycles. The number of hydrogen-bond donors (Lipinski definition) is 1. The van der Waals surface area contributed by atoms with E-state index < -0.39 is 0 Å². The minimum atomic E-state index is -0.383. The van der Waals surface area contributed by atoms with E-state index in [-0.39, 0.29) is 21.8 Å². The number of nitrogens with one attached hydrogen (secondary N) is 1. The summed E-state index contributed by atoms with van der Waals surface area (Å²) in [6, 6.07) is 0. The summed E-state index contributed by atoms with van der Waals surface area (Å²) in [7, 11) is 0. The summed E-state index contributed by atoms with van der Waals surface area (Å²) in [4.78, 5) is 27.1. The van der Waals surface area contributed by atoms with Gasteiger partial charge in [-0.2, -0.15) is 0 Å². The fourth-order valence-corrected chi connectivity index (χ4v) is 3.40. The molecule has 1 fully saturated rings. The molecule has 112 valence electrons. The van der Waals surface area contributed by atoms with Gasteiger partial charge in [0.25, 0.3) is 5.56 Å². The molecule has 0 spiro atoms. The number of halogens is 1. The van der Waals surface area contributed by atoms with Crippen molar-refractivity contribution >= 4 is 11.6 Å². The first kappa shape index (κ1) is 15.4. The predicted octanol–water partition coefficient (Wildman–Crippen LogP) is 3.11. The van der Waals surface area contributed by atoms with Gasteiger partial charge in [0.1, 0.15) is 5.15 Å². The van der Waals surface area contributed by atoms with E-state index >= 15 is 0 Å². The normalized spacial score (nSPS) is 18.1. The molecule has 1 N–H and O–H groups in total. The Morgan fingerprint density at radius 3 is 2.50 bits per heavy atom. The maximum absolute atomic E-state index is 12.5. The Morgan fingerprint density at radius 1 is 1.25 bits per heavy atom. The van der Waals surface area contributed by atoms with Crippen LogP contribution < -0.4 is 11.2 Å². The van der Waals surface area contributed by atoms with Gasteiger partial charge in [0.05, 0.1) is 5.56 Å². The molecule has 1 aliphatic carbocycles. The van der Waals surface area contributed by atoms with Crippen LogP contribution in [0.3, 0.4) is 0 Å². The van der Waals surface area contributed by atoms with Gasteiger partial charge in [-0.05, 0) is 24.7 Å². The zero-order chi connectivity index (χ0) is 14.8. The minimum Gasteiger partial charge on any atom is -0.297 e. The summed E-state index contributed by atoms with van der Waals surface area (Å²) in [5, 5.41) is 0.201. The maximum Gasteiger partial charge on any atom is 0.329 e. The van der Waals surface area contributed by atoms with Gasteiger partial charge in [-0.1, -0.05) is 51.1 Å². The van der Waals surface area contributed by atoms with Crippen LogP contribution in [0.25, 0.3) is 0 Å². The molecule has 5 heteroatoms. The molecule has 0 bridgehead atoms. The molecule has 0 amide bonds. The third-order valence-corrected chi connectivity index (χ3v) is 4.65. The first-order chi connectivity index (χ1) is 9.47. The lowest BCUT2D eigenvalue weighted by Gasteiger charge is -2.33. The van der Waals surface area contributed by atoms with Crippen LogP contribution >= 0.6 is 11.6 Å². The van der Waals surface area contributed by atoms with Gasteiger partial charge in [-0.3, -0.25) is 14.3 Å². The molecule has 0 aromatic carbocycles. The minimum absolute atomic E-state index is 0.0480. The highest BCUT2D eigenvalue weighted by molar-refractivity contribution is 6.30. The van der Waals surface area contributed by atoms with Gasteiger partial charge in [-0.25, -0.2) is 4.79 Å². The molecule has 0 saturated heterocycles. The molecule has 1 heterocycles. The van der Waals surface area contributed by atoms with Crippen molar-refractivity contribution in [1.82, 2.24) is 9.55 Å². The van der Waals surface area contributed by atoms with Gasteiger partial charge in [-0.15, -0.1) is 0 Å². The summed E-state index contributed by atoms with van der Waals surface area (Å²) in [6.07, 6.45) is 7.19. The molecule has 0 radical (unpaired) electrons. The smallest absolute Gasteiger partial charge is 0.297 e. The molecule has 0 atom stereocenters. The van der Waals surface area contributed by atoms with E-state index in [1.54, 1.807) is 0 Å². The van der Waals surface area contributed by atoms with E-state index in [1.165, 1.54) is 23.8 Å². The molecular formula is C15H23ClN2O2. The number of aromatic nitrogens is 2. The SMILES string of the molecule is CCCc1c(Cl)[nH]c(=O)n(CC2(C)CCCCC2)c1=O. The molecular weight excluding hydrogens is 276 g/mol. The number of nitrogens with zero attached hydrogens (tertiary/aromatic N) is 1. The van der Waals surface area contributed by atoms with E-state index in [4.69, 9.17) is 11.6 Å². The van der Waals surface area contributed by atoms with Gasteiger partial charge >= 0.3 is 5.69 Å². The fourth-order valence-electron chi connectivity index (χ4n) is 3.14. The summed E-state index contributed by atoms with van der Waals surface area (Å²) in [5.74, 6) is 0. The average Bonchev–Trinajstić information content (AvgIpc) is 2.40. The van der Waals surface area contributed by atoms with E-state index in [0.717, 1.165) is 19.3 Å². The lowest BCUT2D eigenvalue weighted by Crippen LogP contribution is -2.42. The summed E-state index contributed by atoms with van der Waals surface area (Å²) in [6.45, 7) is 4.66. The second-order valence-electron chi connectivity index (χ2n) is 6.24. The van der Waals surface area contributed by atoms with Crippen LogP contribution in [0.1, 0.15) is 57.9 Å². The van der Waals surface area contributed by atoms with E-state index in [2.05, 4.69) is 11.9 Å². The number of aromatic amines is 1.